The first kappa shape index (κ1) is 53.6. The number of rotatable bonds is 24. The molecule has 0 saturated heterocycles. The minimum atomic E-state index is -0.380. The van der Waals surface area contributed by atoms with Crippen LogP contribution in [-0.2, 0) is 45.4 Å². The van der Waals surface area contributed by atoms with Gasteiger partial charge >= 0.3 is 0 Å². The Hall–Kier alpha value is -7.20. The van der Waals surface area contributed by atoms with E-state index in [-0.39, 0.29) is 77.0 Å². The Kier molecular flexibility index (Phi) is 18.0. The third-order valence-electron chi connectivity index (χ3n) is 15.8. The van der Waals surface area contributed by atoms with Crippen LogP contribution in [0.1, 0.15) is 221 Å². The zero-order valence-corrected chi connectivity index (χ0v) is 44.3. The number of ether oxygens (including phenoxy) is 8. The van der Waals surface area contributed by atoms with E-state index >= 15 is 0 Å². The third-order valence-corrected chi connectivity index (χ3v) is 15.8. The number of isocyanates is 4. The Labute approximate surface area is 444 Å². The monoisotopic (exact) mass is 1040 g/mol. The fourth-order valence-electron chi connectivity index (χ4n) is 12.4. The van der Waals surface area contributed by atoms with Crippen LogP contribution in [0.5, 0.6) is 46.0 Å². The molecule has 4 heterocycles. The first-order valence-electron chi connectivity index (χ1n) is 27.4. The molecule has 4 aromatic carbocycles. The number of hydrogen-bond acceptors (Lipinski definition) is 16. The second-order valence-electron chi connectivity index (χ2n) is 20.2. The van der Waals surface area contributed by atoms with Crippen molar-refractivity contribution in [1.82, 2.24) is 0 Å². The van der Waals surface area contributed by atoms with Gasteiger partial charge in [-0.1, -0.05) is 105 Å². The number of nitrogens with zero attached hydrogens (tertiary/aromatic N) is 4. The maximum Gasteiger partial charge on any atom is 0.235 e. The zero-order valence-electron chi connectivity index (χ0n) is 44.3. The van der Waals surface area contributed by atoms with Gasteiger partial charge in [0.15, 0.2) is 0 Å². The first-order chi connectivity index (χ1) is 37.5. The highest BCUT2D eigenvalue weighted by atomic mass is 16.7. The summed E-state index contributed by atoms with van der Waals surface area (Å²) in [5, 5.41) is 0. The quantitative estimate of drug-likeness (QED) is 0.0367. The van der Waals surface area contributed by atoms with E-state index in [2.05, 4.69) is 71.9 Å². The Morgan fingerprint density at radius 2 is 0.513 bits per heavy atom. The standard InChI is InChI=1S/C60H68N4O12/c1-5-9-13-17-37-41-21-43-38(18-14-10-6-2)45-23-47-40(20-16-12-8-4)48-24-46-39(19-15-11-7-3)44-22-42(37)54-50(26-62-30-66)56(44)72-35-74-58(46)52(28-64-32-68)60(48)76-36-75-59(47)51(27-63-31-67)57(45)73-34-71-55(43)49(25-61-29-65)53(41)69-33-70-54/h21-24,37-40H,5-20,25-28,33-36H2,1-4H3. The van der Waals surface area contributed by atoms with E-state index in [1.165, 1.54) is 0 Å². The highest BCUT2D eigenvalue weighted by molar-refractivity contribution is 5.70. The number of benzene rings is 4. The number of carbonyl (C=O) groups excluding carboxylic acids is 4. The highest BCUT2D eigenvalue weighted by Crippen LogP contribution is 2.59. The van der Waals surface area contributed by atoms with Gasteiger partial charge in [0.05, 0.1) is 48.4 Å². The van der Waals surface area contributed by atoms with Gasteiger partial charge in [0.2, 0.25) is 51.5 Å². The van der Waals surface area contributed by atoms with E-state index in [0.29, 0.717) is 93.9 Å². The molecule has 0 aromatic heterocycles. The molecule has 16 heteroatoms. The van der Waals surface area contributed by atoms with Gasteiger partial charge in [0.1, 0.15) is 46.0 Å². The fraction of sp³-hybridized carbons (Fsp3) is 0.533. The molecule has 9 rings (SSSR count). The van der Waals surface area contributed by atoms with E-state index in [9.17, 15) is 19.2 Å². The molecule has 0 atom stereocenters. The van der Waals surface area contributed by atoms with Crippen molar-refractivity contribution in [3.05, 3.63) is 91.0 Å². The maximum absolute atomic E-state index is 12.2. The molecule has 0 fully saturated rings. The second-order valence-corrected chi connectivity index (χ2v) is 20.2. The van der Waals surface area contributed by atoms with Crippen LogP contribution in [0.2, 0.25) is 0 Å². The summed E-state index contributed by atoms with van der Waals surface area (Å²) in [6.45, 7) is 7.29. The molecule has 0 N–H and O–H groups in total. The normalized spacial score (nSPS) is 17.8. The summed E-state index contributed by atoms with van der Waals surface area (Å²) in [4.78, 5) is 65.6. The topological polar surface area (TPSA) is 192 Å². The Bertz CT molecular complexity index is 2460. The minimum absolute atomic E-state index is 0.0948. The van der Waals surface area contributed by atoms with Crippen LogP contribution < -0.4 is 37.9 Å². The summed E-state index contributed by atoms with van der Waals surface area (Å²) < 4.78 is 54.4. The number of hydrogen-bond donors (Lipinski definition) is 0. The van der Waals surface area contributed by atoms with E-state index in [1.54, 1.807) is 24.3 Å². The molecular weight excluding hydrogens is 969 g/mol. The van der Waals surface area contributed by atoms with Crippen molar-refractivity contribution >= 4 is 24.3 Å². The highest BCUT2D eigenvalue weighted by Gasteiger charge is 2.41. The minimum Gasteiger partial charge on any atom is -0.457 e. The average Bonchev–Trinajstić information content (AvgIpc) is 3.42. The molecule has 76 heavy (non-hydrogen) atoms. The van der Waals surface area contributed by atoms with Crippen LogP contribution in [0.3, 0.4) is 0 Å². The average molecular weight is 1040 g/mol. The van der Waals surface area contributed by atoms with Crippen LogP contribution in [-0.4, -0.2) is 51.5 Å². The zero-order chi connectivity index (χ0) is 53.0. The lowest BCUT2D eigenvalue weighted by atomic mass is 9.74. The summed E-state index contributed by atoms with van der Waals surface area (Å²) in [5.41, 5.74) is 9.22. The summed E-state index contributed by atoms with van der Waals surface area (Å²) in [7, 11) is 0. The van der Waals surface area contributed by atoms with Gasteiger partial charge in [0.25, 0.3) is 0 Å². The summed E-state index contributed by atoms with van der Waals surface area (Å²) in [5.74, 6) is 2.43. The third kappa shape index (κ3) is 10.6. The van der Waals surface area contributed by atoms with Gasteiger partial charge in [-0.25, -0.2) is 39.1 Å². The summed E-state index contributed by atoms with van der Waals surface area (Å²) in [6, 6.07) is 8.92. The SMILES string of the molecule is CCCCCC1c2cc3c4c(CN=C=O)c2OCOc2c1cc1c(c2CN=C=O)OCOc2c(cc5c(c2CN=C=O)OCOc2c(cc(c(c2CN=C=O)OCO4)C3CCCCC)C5CCCCC)C1CCCCC. The molecule has 0 saturated carbocycles. The van der Waals surface area contributed by atoms with Gasteiger partial charge in [-0.2, -0.15) is 0 Å². The van der Waals surface area contributed by atoms with Crippen molar-refractivity contribution in [2.24, 2.45) is 20.0 Å². The van der Waals surface area contributed by atoms with Crippen LogP contribution >= 0.6 is 0 Å². The van der Waals surface area contributed by atoms with Gasteiger partial charge in [-0.05, 0) is 49.9 Å². The second kappa shape index (κ2) is 25.6. The van der Waals surface area contributed by atoms with Crippen molar-refractivity contribution in [2.45, 2.75) is 180 Å². The molecular formula is C60H68N4O12. The molecule has 0 radical (unpaired) electrons. The van der Waals surface area contributed by atoms with Gasteiger partial charge < -0.3 is 37.9 Å². The molecule has 16 nitrogen and oxygen atoms in total. The Morgan fingerprint density at radius 1 is 0.329 bits per heavy atom. The van der Waals surface area contributed by atoms with Crippen LogP contribution in [0, 0.1) is 0 Å². The van der Waals surface area contributed by atoms with E-state index < -0.39 is 0 Å². The number of unbranched alkanes of at least 4 members (excludes halogenated alkanes) is 8. The Morgan fingerprint density at radius 3 is 0.671 bits per heavy atom. The molecule has 4 aromatic rings. The van der Waals surface area contributed by atoms with Gasteiger partial charge in [0, 0.05) is 68.2 Å². The lowest BCUT2D eigenvalue weighted by Crippen LogP contribution is -2.25. The maximum atomic E-state index is 12.2. The van der Waals surface area contributed by atoms with Crippen molar-refractivity contribution in [1.29, 1.82) is 0 Å². The molecule has 400 valence electrons. The molecule has 8 bridgehead atoms. The number of aliphatic imine (C=N–C) groups is 4. The molecule has 1 aliphatic carbocycles. The Balaban J connectivity index is 1.53. The van der Waals surface area contributed by atoms with Crippen molar-refractivity contribution in [3.63, 3.8) is 0 Å². The summed E-state index contributed by atoms with van der Waals surface area (Å²) in [6.07, 6.45) is 20.8. The molecule has 0 amide bonds. The van der Waals surface area contributed by atoms with Crippen molar-refractivity contribution in [2.75, 3.05) is 27.2 Å². The predicted molar refractivity (Wildman–Crippen MR) is 282 cm³/mol. The van der Waals surface area contributed by atoms with Gasteiger partial charge in [-0.15, -0.1) is 0 Å². The lowest BCUT2D eigenvalue weighted by Gasteiger charge is -2.37. The smallest absolute Gasteiger partial charge is 0.235 e. The van der Waals surface area contributed by atoms with E-state index in [1.807, 2.05) is 0 Å². The van der Waals surface area contributed by atoms with Crippen LogP contribution in [0.4, 0.5) is 0 Å². The lowest BCUT2D eigenvalue weighted by molar-refractivity contribution is 0.0945. The molecule has 0 spiro atoms. The molecule has 5 aliphatic rings. The van der Waals surface area contributed by atoms with Crippen molar-refractivity contribution in [3.8, 4) is 46.0 Å². The summed E-state index contributed by atoms with van der Waals surface area (Å²) >= 11 is 0. The molecule has 4 aliphatic heterocycles. The van der Waals surface area contributed by atoms with E-state index in [0.717, 1.165) is 122 Å². The van der Waals surface area contributed by atoms with Crippen LogP contribution in [0.15, 0.2) is 44.2 Å². The predicted octanol–water partition coefficient (Wildman–Crippen LogP) is 13.1. The van der Waals surface area contributed by atoms with Crippen LogP contribution in [0.25, 0.3) is 0 Å². The van der Waals surface area contributed by atoms with Gasteiger partial charge in [-0.3, -0.25) is 0 Å². The van der Waals surface area contributed by atoms with E-state index in [4.69, 9.17) is 37.9 Å². The van der Waals surface area contributed by atoms with Crippen molar-refractivity contribution < 1.29 is 57.1 Å². The first-order valence-corrected chi connectivity index (χ1v) is 27.4. The fourth-order valence-corrected chi connectivity index (χ4v) is 12.4. The molecule has 0 unspecified atom stereocenters. The largest absolute Gasteiger partial charge is 0.457 e.